The van der Waals surface area contributed by atoms with Crippen LogP contribution in [0.2, 0.25) is 0 Å². The van der Waals surface area contributed by atoms with Crippen LogP contribution in [-0.2, 0) is 11.0 Å². The standard InChI is InChI=1S/C19H22F4N4.CH2O2/c1-12-16(15-6-5-13(10-17(15)20)19(21,22)23)11-25-18(26-12)24-8-7-14-4-3-9-27(14)2;2-1-3/h5-6,10-11,14H,3-4,7-9H2,1-2H3,(H,24,25,26);1H,(H,2,3). The molecule has 164 valence electrons. The number of carbonyl (C=O) groups is 1. The number of nitrogens with zero attached hydrogens (tertiary/aromatic N) is 3. The van der Waals surface area contributed by atoms with Gasteiger partial charge in [0.25, 0.3) is 6.47 Å². The maximum absolute atomic E-state index is 14.2. The third kappa shape index (κ3) is 6.12. The fourth-order valence-corrected chi connectivity index (χ4v) is 3.42. The largest absolute Gasteiger partial charge is 0.483 e. The lowest BCUT2D eigenvalue weighted by Crippen LogP contribution is -2.27. The summed E-state index contributed by atoms with van der Waals surface area (Å²) in [7, 11) is 2.12. The number of hydrogen-bond acceptors (Lipinski definition) is 5. The summed E-state index contributed by atoms with van der Waals surface area (Å²) in [6, 6.07) is 3.03. The van der Waals surface area contributed by atoms with E-state index in [0.717, 1.165) is 31.6 Å². The van der Waals surface area contributed by atoms with Crippen LogP contribution in [0, 0.1) is 12.7 Å². The van der Waals surface area contributed by atoms with Crippen molar-refractivity contribution in [2.45, 2.75) is 38.4 Å². The second kappa shape index (κ2) is 10.3. The van der Waals surface area contributed by atoms with E-state index in [-0.39, 0.29) is 12.0 Å². The average molecular weight is 428 g/mol. The Morgan fingerprint density at radius 3 is 2.57 bits per heavy atom. The Hall–Kier alpha value is -2.75. The second-order valence-electron chi connectivity index (χ2n) is 6.98. The van der Waals surface area contributed by atoms with Gasteiger partial charge in [0.05, 0.1) is 11.3 Å². The fraction of sp³-hybridized carbons (Fsp3) is 0.450. The van der Waals surface area contributed by atoms with Crippen molar-refractivity contribution in [2.24, 2.45) is 0 Å². The van der Waals surface area contributed by atoms with Gasteiger partial charge in [-0.25, -0.2) is 14.4 Å². The molecule has 1 aromatic heterocycles. The van der Waals surface area contributed by atoms with Crippen LogP contribution in [0.5, 0.6) is 0 Å². The summed E-state index contributed by atoms with van der Waals surface area (Å²) < 4.78 is 52.2. The number of nitrogens with one attached hydrogen (secondary N) is 1. The van der Waals surface area contributed by atoms with Gasteiger partial charge in [-0.15, -0.1) is 0 Å². The maximum Gasteiger partial charge on any atom is 0.416 e. The van der Waals surface area contributed by atoms with E-state index in [1.165, 1.54) is 19.0 Å². The summed E-state index contributed by atoms with van der Waals surface area (Å²) in [6.45, 7) is 3.28. The van der Waals surface area contributed by atoms with Crippen LogP contribution in [0.1, 0.15) is 30.5 Å². The molecule has 0 bridgehead atoms. The molecule has 1 aliphatic heterocycles. The minimum absolute atomic E-state index is 0.0552. The molecule has 6 nitrogen and oxygen atoms in total. The number of alkyl halides is 3. The van der Waals surface area contributed by atoms with E-state index in [4.69, 9.17) is 9.90 Å². The summed E-state index contributed by atoms with van der Waals surface area (Å²) >= 11 is 0. The Kier molecular flexibility index (Phi) is 8.10. The van der Waals surface area contributed by atoms with Crippen LogP contribution in [-0.4, -0.2) is 52.6 Å². The maximum atomic E-state index is 14.2. The van der Waals surface area contributed by atoms with Crippen molar-refractivity contribution < 1.29 is 27.5 Å². The van der Waals surface area contributed by atoms with E-state index in [1.54, 1.807) is 6.92 Å². The van der Waals surface area contributed by atoms with Crippen molar-refractivity contribution in [3.8, 4) is 11.1 Å². The van der Waals surface area contributed by atoms with Crippen molar-refractivity contribution in [2.75, 3.05) is 25.5 Å². The minimum atomic E-state index is -4.58. The molecule has 1 aromatic carbocycles. The smallest absolute Gasteiger partial charge is 0.416 e. The first-order valence-corrected chi connectivity index (χ1v) is 9.40. The van der Waals surface area contributed by atoms with Crippen molar-refractivity contribution >= 4 is 12.4 Å². The van der Waals surface area contributed by atoms with E-state index in [0.29, 0.717) is 29.3 Å². The zero-order valence-electron chi connectivity index (χ0n) is 16.7. The molecule has 1 fully saturated rings. The number of hydrogen-bond donors (Lipinski definition) is 2. The first-order chi connectivity index (χ1) is 14.2. The Labute approximate surface area is 172 Å². The van der Waals surface area contributed by atoms with Gasteiger partial charge in [0.2, 0.25) is 5.95 Å². The molecular formula is C20H24F4N4O2. The number of aryl methyl sites for hydroxylation is 1. The summed E-state index contributed by atoms with van der Waals surface area (Å²) in [5, 5.41) is 10.1. The summed E-state index contributed by atoms with van der Waals surface area (Å²) in [6.07, 6.45) is 0.243. The van der Waals surface area contributed by atoms with Gasteiger partial charge in [-0.1, -0.05) is 6.07 Å². The van der Waals surface area contributed by atoms with Crippen molar-refractivity contribution in [3.05, 3.63) is 41.5 Å². The quantitative estimate of drug-likeness (QED) is 0.549. The molecule has 0 aliphatic carbocycles. The van der Waals surface area contributed by atoms with E-state index < -0.39 is 17.6 Å². The molecule has 1 atom stereocenters. The van der Waals surface area contributed by atoms with Crippen LogP contribution >= 0.6 is 0 Å². The SMILES string of the molecule is Cc1nc(NCCC2CCCN2C)ncc1-c1ccc(C(F)(F)F)cc1F.O=CO. The van der Waals surface area contributed by atoms with Crippen LogP contribution in [0.25, 0.3) is 11.1 Å². The highest BCUT2D eigenvalue weighted by Gasteiger charge is 2.31. The van der Waals surface area contributed by atoms with E-state index in [2.05, 4.69) is 27.2 Å². The Morgan fingerprint density at radius 2 is 2.03 bits per heavy atom. The van der Waals surface area contributed by atoms with E-state index in [9.17, 15) is 17.6 Å². The third-order valence-corrected chi connectivity index (χ3v) is 5.00. The molecular weight excluding hydrogens is 404 g/mol. The molecule has 1 aliphatic rings. The van der Waals surface area contributed by atoms with Crippen LogP contribution in [0.3, 0.4) is 0 Å². The van der Waals surface area contributed by atoms with Crippen molar-refractivity contribution in [1.29, 1.82) is 0 Å². The lowest BCUT2D eigenvalue weighted by atomic mass is 10.0. The number of benzene rings is 1. The molecule has 0 radical (unpaired) electrons. The molecule has 1 saturated heterocycles. The number of halogens is 4. The zero-order valence-corrected chi connectivity index (χ0v) is 16.7. The normalized spacial score (nSPS) is 16.7. The Morgan fingerprint density at radius 1 is 1.33 bits per heavy atom. The van der Waals surface area contributed by atoms with Gasteiger partial charge < -0.3 is 15.3 Å². The molecule has 0 saturated carbocycles. The molecule has 0 amide bonds. The highest BCUT2D eigenvalue weighted by atomic mass is 19.4. The average Bonchev–Trinajstić information content (AvgIpc) is 3.07. The molecule has 2 heterocycles. The van der Waals surface area contributed by atoms with Gasteiger partial charge >= 0.3 is 6.18 Å². The van der Waals surface area contributed by atoms with Gasteiger partial charge in [0.1, 0.15) is 5.82 Å². The van der Waals surface area contributed by atoms with Gasteiger partial charge in [-0.2, -0.15) is 13.2 Å². The lowest BCUT2D eigenvalue weighted by Gasteiger charge is -2.19. The lowest BCUT2D eigenvalue weighted by molar-refractivity contribution is -0.137. The molecule has 1 unspecified atom stereocenters. The summed E-state index contributed by atoms with van der Waals surface area (Å²) in [4.78, 5) is 19.2. The number of aromatic nitrogens is 2. The number of likely N-dealkylation sites (tertiary alicyclic amines) is 1. The first-order valence-electron chi connectivity index (χ1n) is 9.40. The van der Waals surface area contributed by atoms with Crippen LogP contribution < -0.4 is 5.32 Å². The number of rotatable bonds is 5. The monoisotopic (exact) mass is 428 g/mol. The molecule has 3 rings (SSSR count). The van der Waals surface area contributed by atoms with Gasteiger partial charge in [-0.05, 0) is 51.9 Å². The predicted octanol–water partition coefficient (Wildman–Crippen LogP) is 4.21. The number of carboxylic acid groups (broad SMARTS) is 1. The predicted molar refractivity (Wildman–Crippen MR) is 105 cm³/mol. The van der Waals surface area contributed by atoms with Crippen LogP contribution in [0.15, 0.2) is 24.4 Å². The number of anilines is 1. The summed E-state index contributed by atoms with van der Waals surface area (Å²) in [5.74, 6) is -0.509. The van der Waals surface area contributed by atoms with Crippen LogP contribution in [0.4, 0.5) is 23.5 Å². The first kappa shape index (κ1) is 23.5. The Bertz CT molecular complexity index is 861. The summed E-state index contributed by atoms with van der Waals surface area (Å²) in [5.41, 5.74) is -0.0800. The van der Waals surface area contributed by atoms with Gasteiger partial charge in [0.15, 0.2) is 0 Å². The molecule has 2 aromatic rings. The van der Waals surface area contributed by atoms with E-state index >= 15 is 0 Å². The third-order valence-electron chi connectivity index (χ3n) is 5.00. The molecule has 10 heteroatoms. The fourth-order valence-electron chi connectivity index (χ4n) is 3.42. The molecule has 0 spiro atoms. The van der Waals surface area contributed by atoms with Gasteiger partial charge in [-0.3, -0.25) is 4.79 Å². The molecule has 30 heavy (non-hydrogen) atoms. The highest BCUT2D eigenvalue weighted by Crippen LogP contribution is 2.33. The van der Waals surface area contributed by atoms with Gasteiger partial charge in [0, 0.05) is 29.9 Å². The minimum Gasteiger partial charge on any atom is -0.483 e. The van der Waals surface area contributed by atoms with E-state index in [1.807, 2.05) is 0 Å². The Balaban J connectivity index is 0.00000101. The van der Waals surface area contributed by atoms with Crippen molar-refractivity contribution in [3.63, 3.8) is 0 Å². The highest BCUT2D eigenvalue weighted by molar-refractivity contribution is 5.66. The van der Waals surface area contributed by atoms with Crippen molar-refractivity contribution in [1.82, 2.24) is 14.9 Å². The zero-order chi connectivity index (χ0) is 22.3. The second-order valence-corrected chi connectivity index (χ2v) is 6.98. The topological polar surface area (TPSA) is 78.4 Å². The molecule has 2 N–H and O–H groups in total.